The molecular formula is C24H25Cl2NO2. The molecule has 0 radical (unpaired) electrons. The lowest BCUT2D eigenvalue weighted by Crippen LogP contribution is -2.18. The van der Waals surface area contributed by atoms with Gasteiger partial charge in [-0.05, 0) is 54.8 Å². The topological polar surface area (TPSA) is 30.5 Å². The molecule has 0 aliphatic carbocycles. The monoisotopic (exact) mass is 429 g/mol. The Bertz CT molecular complexity index is 931. The van der Waals surface area contributed by atoms with Gasteiger partial charge in [-0.2, -0.15) is 0 Å². The molecule has 1 atom stereocenters. The lowest BCUT2D eigenvalue weighted by Gasteiger charge is -2.16. The van der Waals surface area contributed by atoms with Crippen LogP contribution in [0.1, 0.15) is 36.6 Å². The van der Waals surface area contributed by atoms with Gasteiger partial charge in [0, 0.05) is 12.6 Å². The molecule has 0 fully saturated rings. The molecule has 1 N–H and O–H groups in total. The van der Waals surface area contributed by atoms with Crippen molar-refractivity contribution in [1.82, 2.24) is 5.32 Å². The number of ether oxygens (including phenoxy) is 2. The number of halogens is 2. The van der Waals surface area contributed by atoms with Crippen LogP contribution < -0.4 is 14.8 Å². The Labute approximate surface area is 182 Å². The van der Waals surface area contributed by atoms with E-state index in [-0.39, 0.29) is 6.04 Å². The summed E-state index contributed by atoms with van der Waals surface area (Å²) < 4.78 is 11.8. The third-order valence-corrected chi connectivity index (χ3v) is 5.34. The number of rotatable bonds is 9. The van der Waals surface area contributed by atoms with Crippen molar-refractivity contribution in [2.45, 2.75) is 33.0 Å². The van der Waals surface area contributed by atoms with E-state index in [1.807, 2.05) is 37.3 Å². The molecule has 0 aliphatic rings. The first-order chi connectivity index (χ1) is 14.1. The number of nitrogens with one attached hydrogen (secondary N) is 1. The van der Waals surface area contributed by atoms with E-state index in [1.54, 1.807) is 6.07 Å². The molecule has 0 aliphatic heterocycles. The zero-order valence-electron chi connectivity index (χ0n) is 16.6. The molecule has 0 saturated carbocycles. The molecule has 5 heteroatoms. The summed E-state index contributed by atoms with van der Waals surface area (Å²) in [6, 6.07) is 22.2. The largest absolute Gasteiger partial charge is 0.490 e. The second kappa shape index (κ2) is 10.5. The molecular weight excluding hydrogens is 405 g/mol. The molecule has 0 aromatic heterocycles. The standard InChI is InChI=1S/C24H25Cl2NO2/c1-3-28-24-14-18(15-27-17(2)20-7-5-4-6-8-20)10-12-23(24)29-16-19-9-11-21(25)22(26)13-19/h4-14,17,27H,3,15-16H2,1-2H3/t17-/m1/s1. The smallest absolute Gasteiger partial charge is 0.161 e. The molecule has 0 saturated heterocycles. The molecule has 3 nitrogen and oxygen atoms in total. The molecule has 0 heterocycles. The predicted octanol–water partition coefficient (Wildman–Crippen LogP) is 6.82. The van der Waals surface area contributed by atoms with Crippen molar-refractivity contribution in [2.24, 2.45) is 0 Å². The van der Waals surface area contributed by atoms with Crippen LogP contribution in [0.2, 0.25) is 10.0 Å². The summed E-state index contributed by atoms with van der Waals surface area (Å²) in [6.45, 7) is 5.82. The molecule has 3 aromatic carbocycles. The summed E-state index contributed by atoms with van der Waals surface area (Å²) in [7, 11) is 0. The van der Waals surface area contributed by atoms with E-state index in [9.17, 15) is 0 Å². The second-order valence-electron chi connectivity index (χ2n) is 6.76. The van der Waals surface area contributed by atoms with Gasteiger partial charge in [-0.25, -0.2) is 0 Å². The minimum absolute atomic E-state index is 0.261. The first kappa shape index (κ1) is 21.5. The fourth-order valence-corrected chi connectivity index (χ4v) is 3.29. The van der Waals surface area contributed by atoms with Crippen LogP contribution in [0.4, 0.5) is 0 Å². The van der Waals surface area contributed by atoms with E-state index >= 15 is 0 Å². The van der Waals surface area contributed by atoms with Crippen molar-refractivity contribution in [3.63, 3.8) is 0 Å². The number of hydrogen-bond acceptors (Lipinski definition) is 3. The fourth-order valence-electron chi connectivity index (χ4n) is 2.97. The van der Waals surface area contributed by atoms with Gasteiger partial charge in [-0.3, -0.25) is 0 Å². The molecule has 0 amide bonds. The van der Waals surface area contributed by atoms with E-state index in [1.165, 1.54) is 5.56 Å². The summed E-state index contributed by atoms with van der Waals surface area (Å²) >= 11 is 12.1. The van der Waals surface area contributed by atoms with Crippen molar-refractivity contribution in [3.05, 3.63) is 93.5 Å². The number of hydrogen-bond donors (Lipinski definition) is 1. The van der Waals surface area contributed by atoms with Crippen molar-refractivity contribution in [3.8, 4) is 11.5 Å². The van der Waals surface area contributed by atoms with Gasteiger partial charge in [0.1, 0.15) is 6.61 Å². The normalized spacial score (nSPS) is 11.9. The quantitative estimate of drug-likeness (QED) is 0.404. The molecule has 29 heavy (non-hydrogen) atoms. The zero-order chi connectivity index (χ0) is 20.6. The first-order valence-corrected chi connectivity index (χ1v) is 10.4. The summed E-state index contributed by atoms with van der Waals surface area (Å²) in [5.41, 5.74) is 3.35. The molecule has 3 rings (SSSR count). The van der Waals surface area contributed by atoms with Gasteiger partial charge in [0.25, 0.3) is 0 Å². The van der Waals surface area contributed by atoms with Gasteiger partial charge in [0.2, 0.25) is 0 Å². The van der Waals surface area contributed by atoms with E-state index in [2.05, 4.69) is 42.6 Å². The minimum atomic E-state index is 0.261. The summed E-state index contributed by atoms with van der Waals surface area (Å²) in [5.74, 6) is 1.44. The molecule has 0 bridgehead atoms. The fraction of sp³-hybridized carbons (Fsp3) is 0.250. The minimum Gasteiger partial charge on any atom is -0.490 e. The van der Waals surface area contributed by atoms with Gasteiger partial charge >= 0.3 is 0 Å². The summed E-state index contributed by atoms with van der Waals surface area (Å²) in [4.78, 5) is 0. The highest BCUT2D eigenvalue weighted by Crippen LogP contribution is 2.30. The predicted molar refractivity (Wildman–Crippen MR) is 120 cm³/mol. The van der Waals surface area contributed by atoms with E-state index < -0.39 is 0 Å². The van der Waals surface area contributed by atoms with Crippen LogP contribution in [0.3, 0.4) is 0 Å². The van der Waals surface area contributed by atoms with Gasteiger partial charge in [-0.15, -0.1) is 0 Å². The summed E-state index contributed by atoms with van der Waals surface area (Å²) in [6.07, 6.45) is 0. The van der Waals surface area contributed by atoms with Crippen LogP contribution in [0.5, 0.6) is 11.5 Å². The van der Waals surface area contributed by atoms with Crippen LogP contribution in [0.25, 0.3) is 0 Å². The van der Waals surface area contributed by atoms with Crippen LogP contribution in [0, 0.1) is 0 Å². The SMILES string of the molecule is CCOc1cc(CN[C@H](C)c2ccccc2)ccc1OCc1ccc(Cl)c(Cl)c1. The van der Waals surface area contributed by atoms with E-state index in [0.29, 0.717) is 29.0 Å². The molecule has 0 spiro atoms. The average Bonchev–Trinajstić information content (AvgIpc) is 2.74. The van der Waals surface area contributed by atoms with Crippen molar-refractivity contribution >= 4 is 23.2 Å². The van der Waals surface area contributed by atoms with Gasteiger partial charge in [0.15, 0.2) is 11.5 Å². The maximum absolute atomic E-state index is 6.08. The molecule has 0 unspecified atom stereocenters. The Morgan fingerprint density at radius 2 is 1.59 bits per heavy atom. The van der Waals surface area contributed by atoms with Crippen LogP contribution >= 0.6 is 23.2 Å². The third kappa shape index (κ3) is 6.14. The van der Waals surface area contributed by atoms with Gasteiger partial charge in [0.05, 0.1) is 16.7 Å². The third-order valence-electron chi connectivity index (χ3n) is 4.60. The highest BCUT2D eigenvalue weighted by Gasteiger charge is 2.10. The molecule has 3 aromatic rings. The number of benzene rings is 3. The van der Waals surface area contributed by atoms with Crippen molar-refractivity contribution in [2.75, 3.05) is 6.61 Å². The molecule has 152 valence electrons. The lowest BCUT2D eigenvalue weighted by molar-refractivity contribution is 0.269. The van der Waals surface area contributed by atoms with E-state index in [0.717, 1.165) is 23.4 Å². The van der Waals surface area contributed by atoms with Crippen LogP contribution in [-0.2, 0) is 13.2 Å². The Morgan fingerprint density at radius 3 is 2.31 bits per heavy atom. The Morgan fingerprint density at radius 1 is 0.828 bits per heavy atom. The van der Waals surface area contributed by atoms with E-state index in [4.69, 9.17) is 32.7 Å². The van der Waals surface area contributed by atoms with Crippen molar-refractivity contribution in [1.29, 1.82) is 0 Å². The van der Waals surface area contributed by atoms with Crippen molar-refractivity contribution < 1.29 is 9.47 Å². The van der Waals surface area contributed by atoms with Gasteiger partial charge < -0.3 is 14.8 Å². The lowest BCUT2D eigenvalue weighted by atomic mass is 10.1. The van der Waals surface area contributed by atoms with Gasteiger partial charge in [-0.1, -0.05) is 65.7 Å². The Balaban J connectivity index is 1.65. The maximum atomic E-state index is 6.08. The zero-order valence-corrected chi connectivity index (χ0v) is 18.1. The second-order valence-corrected chi connectivity index (χ2v) is 7.58. The van der Waals surface area contributed by atoms with Crippen LogP contribution in [-0.4, -0.2) is 6.61 Å². The summed E-state index contributed by atoms with van der Waals surface area (Å²) in [5, 5.41) is 4.60. The maximum Gasteiger partial charge on any atom is 0.161 e. The van der Waals surface area contributed by atoms with Crippen LogP contribution in [0.15, 0.2) is 66.7 Å². The Hall–Kier alpha value is -2.20. The first-order valence-electron chi connectivity index (χ1n) is 9.67. The highest BCUT2D eigenvalue weighted by atomic mass is 35.5. The highest BCUT2D eigenvalue weighted by molar-refractivity contribution is 6.42. The Kier molecular flexibility index (Phi) is 7.82. The average molecular weight is 430 g/mol.